The number of rotatable bonds is 3. The summed E-state index contributed by atoms with van der Waals surface area (Å²) in [5.74, 6) is -2.38. The third-order valence-corrected chi connectivity index (χ3v) is 2.40. The molecule has 0 unspecified atom stereocenters. The Balaban J connectivity index is 2.18. The number of hydrogen-bond donors (Lipinski definition) is 1. The van der Waals surface area contributed by atoms with Gasteiger partial charge in [0.1, 0.15) is 0 Å². The van der Waals surface area contributed by atoms with Gasteiger partial charge in [-0.15, -0.1) is 0 Å². The number of alkyl halides is 2. The maximum atomic E-state index is 12.7. The van der Waals surface area contributed by atoms with Crippen molar-refractivity contribution in [1.82, 2.24) is 5.32 Å². The topological polar surface area (TPSA) is 12.0 Å². The van der Waals surface area contributed by atoms with Crippen molar-refractivity contribution in [3.8, 4) is 0 Å². The third-order valence-electron chi connectivity index (χ3n) is 2.40. The molecule has 0 saturated heterocycles. The van der Waals surface area contributed by atoms with E-state index in [1.54, 1.807) is 0 Å². The van der Waals surface area contributed by atoms with Gasteiger partial charge in [0.2, 0.25) is 5.92 Å². The van der Waals surface area contributed by atoms with Crippen LogP contribution in [-0.4, -0.2) is 18.5 Å². The van der Waals surface area contributed by atoms with Gasteiger partial charge in [0.25, 0.3) is 0 Å². The summed E-state index contributed by atoms with van der Waals surface area (Å²) >= 11 is 0. The molecule has 1 rings (SSSR count). The molecule has 1 nitrogen and oxygen atoms in total. The van der Waals surface area contributed by atoms with Crippen molar-refractivity contribution < 1.29 is 8.78 Å². The first-order chi connectivity index (χ1) is 5.64. The summed E-state index contributed by atoms with van der Waals surface area (Å²) < 4.78 is 25.3. The molecule has 0 heterocycles. The Morgan fingerprint density at radius 2 is 1.92 bits per heavy atom. The van der Waals surface area contributed by atoms with Crippen LogP contribution in [0.25, 0.3) is 0 Å². The Hall–Kier alpha value is -0.180. The molecular weight excluding hydrogens is 160 g/mol. The fraction of sp³-hybridized carbons (Fsp3) is 1.00. The van der Waals surface area contributed by atoms with Crippen LogP contribution in [0.3, 0.4) is 0 Å². The Labute approximate surface area is 72.5 Å². The van der Waals surface area contributed by atoms with Crippen molar-refractivity contribution in [2.45, 2.75) is 51.0 Å². The van der Waals surface area contributed by atoms with Crippen LogP contribution in [0.15, 0.2) is 0 Å². The molecule has 1 aliphatic carbocycles. The Kier molecular flexibility index (Phi) is 3.44. The van der Waals surface area contributed by atoms with Gasteiger partial charge in [-0.1, -0.05) is 6.92 Å². The second-order valence-corrected chi connectivity index (χ2v) is 3.58. The first-order valence-corrected chi connectivity index (χ1v) is 4.75. The van der Waals surface area contributed by atoms with Gasteiger partial charge >= 0.3 is 0 Å². The van der Waals surface area contributed by atoms with E-state index in [1.165, 1.54) is 0 Å². The zero-order valence-electron chi connectivity index (χ0n) is 7.58. The van der Waals surface area contributed by atoms with Crippen LogP contribution >= 0.6 is 0 Å². The summed E-state index contributed by atoms with van der Waals surface area (Å²) in [5.41, 5.74) is 0. The van der Waals surface area contributed by atoms with Crippen molar-refractivity contribution in [3.63, 3.8) is 0 Å². The Morgan fingerprint density at radius 3 is 2.42 bits per heavy atom. The first-order valence-electron chi connectivity index (χ1n) is 4.75. The highest BCUT2D eigenvalue weighted by molar-refractivity contribution is 4.81. The Bertz CT molecular complexity index is 126. The van der Waals surface area contributed by atoms with Gasteiger partial charge in [0, 0.05) is 18.9 Å². The van der Waals surface area contributed by atoms with Gasteiger partial charge in [-0.2, -0.15) is 0 Å². The second kappa shape index (κ2) is 4.17. The first kappa shape index (κ1) is 9.90. The molecule has 0 amide bonds. The van der Waals surface area contributed by atoms with Gasteiger partial charge in [-0.25, -0.2) is 8.78 Å². The number of nitrogens with one attached hydrogen (secondary N) is 1. The van der Waals surface area contributed by atoms with E-state index < -0.39 is 5.92 Å². The summed E-state index contributed by atoms with van der Waals surface area (Å²) in [6, 6.07) is 0.338. The van der Waals surface area contributed by atoms with Gasteiger partial charge in [0.05, 0.1) is 0 Å². The van der Waals surface area contributed by atoms with E-state index in [2.05, 4.69) is 12.2 Å². The predicted molar refractivity (Wildman–Crippen MR) is 45.5 cm³/mol. The fourth-order valence-electron chi connectivity index (χ4n) is 1.59. The van der Waals surface area contributed by atoms with E-state index in [0.717, 1.165) is 13.0 Å². The zero-order valence-corrected chi connectivity index (χ0v) is 7.58. The molecule has 1 fully saturated rings. The molecule has 1 N–H and O–H groups in total. The van der Waals surface area contributed by atoms with Gasteiger partial charge in [-0.05, 0) is 25.8 Å². The fourth-order valence-corrected chi connectivity index (χ4v) is 1.59. The van der Waals surface area contributed by atoms with E-state index in [0.29, 0.717) is 18.9 Å². The van der Waals surface area contributed by atoms with Crippen molar-refractivity contribution >= 4 is 0 Å². The molecule has 72 valence electrons. The number of halogens is 2. The summed E-state index contributed by atoms with van der Waals surface area (Å²) in [7, 11) is 0. The van der Waals surface area contributed by atoms with Crippen molar-refractivity contribution in [2.24, 2.45) is 0 Å². The maximum Gasteiger partial charge on any atom is 0.248 e. The van der Waals surface area contributed by atoms with E-state index in [-0.39, 0.29) is 12.8 Å². The van der Waals surface area contributed by atoms with E-state index in [9.17, 15) is 8.78 Å². The van der Waals surface area contributed by atoms with Crippen LogP contribution in [0.4, 0.5) is 8.78 Å². The SMILES string of the molecule is CCCNC1CCC(F)(F)CC1. The van der Waals surface area contributed by atoms with Gasteiger partial charge in [0.15, 0.2) is 0 Å². The molecule has 0 aromatic carbocycles. The highest BCUT2D eigenvalue weighted by atomic mass is 19.3. The monoisotopic (exact) mass is 177 g/mol. The van der Waals surface area contributed by atoms with E-state index in [4.69, 9.17) is 0 Å². The zero-order chi connectivity index (χ0) is 9.03. The second-order valence-electron chi connectivity index (χ2n) is 3.58. The Morgan fingerprint density at radius 1 is 1.33 bits per heavy atom. The van der Waals surface area contributed by atoms with Crippen molar-refractivity contribution in [1.29, 1.82) is 0 Å². The minimum atomic E-state index is -2.38. The highest BCUT2D eigenvalue weighted by Crippen LogP contribution is 2.32. The smallest absolute Gasteiger partial charge is 0.248 e. The molecule has 0 radical (unpaired) electrons. The van der Waals surface area contributed by atoms with E-state index in [1.807, 2.05) is 0 Å². The van der Waals surface area contributed by atoms with Gasteiger partial charge in [-0.3, -0.25) is 0 Å². The maximum absolute atomic E-state index is 12.7. The molecular formula is C9H17F2N. The van der Waals surface area contributed by atoms with Crippen LogP contribution in [0.2, 0.25) is 0 Å². The average molecular weight is 177 g/mol. The molecule has 1 saturated carbocycles. The van der Waals surface area contributed by atoms with Crippen LogP contribution in [-0.2, 0) is 0 Å². The summed E-state index contributed by atoms with van der Waals surface area (Å²) in [4.78, 5) is 0. The van der Waals surface area contributed by atoms with Crippen LogP contribution in [0, 0.1) is 0 Å². The lowest BCUT2D eigenvalue weighted by atomic mass is 9.92. The van der Waals surface area contributed by atoms with Crippen molar-refractivity contribution in [3.05, 3.63) is 0 Å². The lowest BCUT2D eigenvalue weighted by molar-refractivity contribution is -0.0403. The molecule has 3 heteroatoms. The standard InChI is InChI=1S/C9H17F2N/c1-2-7-12-8-3-5-9(10,11)6-4-8/h8,12H,2-7H2,1H3. The highest BCUT2D eigenvalue weighted by Gasteiger charge is 2.34. The molecule has 12 heavy (non-hydrogen) atoms. The molecule has 0 aromatic heterocycles. The predicted octanol–water partition coefficient (Wildman–Crippen LogP) is 2.56. The van der Waals surface area contributed by atoms with Crippen LogP contribution in [0.1, 0.15) is 39.0 Å². The molecule has 0 bridgehead atoms. The van der Waals surface area contributed by atoms with Crippen LogP contribution in [0.5, 0.6) is 0 Å². The van der Waals surface area contributed by atoms with E-state index >= 15 is 0 Å². The van der Waals surface area contributed by atoms with Crippen molar-refractivity contribution in [2.75, 3.05) is 6.54 Å². The molecule has 0 aromatic rings. The largest absolute Gasteiger partial charge is 0.314 e. The minimum absolute atomic E-state index is 0.0639. The normalized spacial score (nSPS) is 24.2. The van der Waals surface area contributed by atoms with Gasteiger partial charge < -0.3 is 5.32 Å². The summed E-state index contributed by atoms with van der Waals surface area (Å²) in [5, 5.41) is 3.28. The quantitative estimate of drug-likeness (QED) is 0.698. The molecule has 1 aliphatic rings. The summed E-state index contributed by atoms with van der Waals surface area (Å²) in [6.07, 6.45) is 2.47. The molecule has 0 atom stereocenters. The third kappa shape index (κ3) is 3.05. The van der Waals surface area contributed by atoms with Crippen LogP contribution < -0.4 is 5.32 Å². The molecule has 0 spiro atoms. The lowest BCUT2D eigenvalue weighted by Crippen LogP contribution is -2.37. The molecule has 0 aliphatic heterocycles. The number of hydrogen-bond acceptors (Lipinski definition) is 1. The summed E-state index contributed by atoms with van der Waals surface area (Å²) in [6.45, 7) is 3.04. The average Bonchev–Trinajstić information content (AvgIpc) is 2.03. The lowest BCUT2D eigenvalue weighted by Gasteiger charge is -2.28. The minimum Gasteiger partial charge on any atom is -0.314 e.